The average Bonchev–Trinajstić information content (AvgIpc) is 2.59. The van der Waals surface area contributed by atoms with Crippen LogP contribution in [0.2, 0.25) is 0 Å². The molecule has 0 aromatic rings. The van der Waals surface area contributed by atoms with Crippen LogP contribution in [0.25, 0.3) is 0 Å². The van der Waals surface area contributed by atoms with Gasteiger partial charge in [0.05, 0.1) is 0 Å². The fraction of sp³-hybridized carbons (Fsp3) is 0. The Labute approximate surface area is 83.5 Å². The van der Waals surface area contributed by atoms with Gasteiger partial charge in [0.25, 0.3) is 0 Å². The van der Waals surface area contributed by atoms with E-state index >= 15 is 0 Å². The summed E-state index contributed by atoms with van der Waals surface area (Å²) in [7, 11) is 0. The van der Waals surface area contributed by atoms with Crippen LogP contribution in [-0.4, -0.2) is 45.8 Å². The number of allylic oxidation sites excluding steroid dienone is 4. The molecule has 0 saturated heterocycles. The van der Waals surface area contributed by atoms with Crippen molar-refractivity contribution in [2.24, 2.45) is 0 Å². The summed E-state index contributed by atoms with van der Waals surface area (Å²) in [5.41, 5.74) is 3.06. The molecule has 0 N–H and O–H groups in total. The molecule has 2 radical (unpaired) electrons. The Balaban J connectivity index is 2.26. The first-order valence-electron chi connectivity index (χ1n) is 3.40. The molecule has 2 heterocycles. The van der Waals surface area contributed by atoms with Gasteiger partial charge in [-0.05, 0) is 0 Å². The van der Waals surface area contributed by atoms with Crippen molar-refractivity contribution in [3.8, 4) is 0 Å². The third-order valence-corrected chi connectivity index (χ3v) is 7.17. The molecule has 2 aliphatic heterocycles. The Kier molecular flexibility index (Phi) is 2.50. The predicted octanol–water partition coefficient (Wildman–Crippen LogP) is 1.22. The second kappa shape index (κ2) is 3.40. The normalized spacial score (nSPS) is 20.0. The zero-order chi connectivity index (χ0) is 6.81. The minimum atomic E-state index is -0.327. The topological polar surface area (TPSA) is 0 Å². The zero-order valence-corrected chi connectivity index (χ0v) is 12.2. The molecule has 10 heavy (non-hydrogen) atoms. The van der Waals surface area contributed by atoms with Crippen molar-refractivity contribution < 1.29 is 0 Å². The van der Waals surface area contributed by atoms with Gasteiger partial charge in [0.1, 0.15) is 0 Å². The molecule has 0 nitrogen and oxygen atoms in total. The van der Waals surface area contributed by atoms with E-state index in [9.17, 15) is 0 Å². The molecule has 2 heteroatoms. The van der Waals surface area contributed by atoms with Gasteiger partial charge in [0.2, 0.25) is 0 Å². The summed E-state index contributed by atoms with van der Waals surface area (Å²) in [6.07, 6.45) is 4.62. The van der Waals surface area contributed by atoms with Crippen molar-refractivity contribution in [1.29, 1.82) is 0 Å². The predicted molar refractivity (Wildman–Crippen MR) is 46.0 cm³/mol. The second-order valence-corrected chi connectivity index (χ2v) is 8.64. The van der Waals surface area contributed by atoms with Crippen LogP contribution in [0.4, 0.5) is 0 Å². The van der Waals surface area contributed by atoms with Gasteiger partial charge >= 0.3 is 84.4 Å². The van der Waals surface area contributed by atoms with Crippen molar-refractivity contribution in [3.05, 3.63) is 38.6 Å². The molecule has 0 spiro atoms. The first-order valence-corrected chi connectivity index (χ1v) is 11.0. The summed E-state index contributed by atoms with van der Waals surface area (Å²) in [4.78, 5) is 0. The van der Waals surface area contributed by atoms with Gasteiger partial charge in [-0.2, -0.15) is 0 Å². The average molecular weight is 332 g/mol. The third-order valence-electron chi connectivity index (χ3n) is 1.66. The maximum atomic E-state index is 2.49. The molecule has 0 aliphatic carbocycles. The third kappa shape index (κ3) is 1.48. The Morgan fingerprint density at radius 1 is 0.800 bits per heavy atom. The van der Waals surface area contributed by atoms with E-state index in [1.807, 2.05) is 0 Å². The van der Waals surface area contributed by atoms with Gasteiger partial charge < -0.3 is 0 Å². The van der Waals surface area contributed by atoms with E-state index in [0.29, 0.717) is 0 Å². The number of hydrogen-bond donors (Lipinski definition) is 0. The van der Waals surface area contributed by atoms with Crippen LogP contribution >= 0.6 is 0 Å². The minimum absolute atomic E-state index is 0.327. The molecule has 0 unspecified atom stereocenters. The Hall–Kier alpha value is 0.700. The van der Waals surface area contributed by atoms with E-state index in [0.717, 1.165) is 0 Å². The van der Waals surface area contributed by atoms with E-state index in [-0.39, 0.29) is 45.8 Å². The fourth-order valence-corrected chi connectivity index (χ4v) is 6.50. The van der Waals surface area contributed by atoms with Crippen molar-refractivity contribution in [3.63, 3.8) is 0 Å². The first-order chi connectivity index (χ1) is 4.97. The van der Waals surface area contributed by atoms with E-state index in [1.54, 1.807) is 0 Å². The quantitative estimate of drug-likeness (QED) is 0.678. The zero-order valence-electron chi connectivity index (χ0n) is 5.62. The summed E-state index contributed by atoms with van der Waals surface area (Å²) in [5, 5.41) is 0. The van der Waals surface area contributed by atoms with E-state index in [4.69, 9.17) is 0 Å². The van der Waals surface area contributed by atoms with Gasteiger partial charge in [-0.1, -0.05) is 0 Å². The van der Waals surface area contributed by atoms with Crippen LogP contribution in [0.1, 0.15) is 0 Å². The summed E-state index contributed by atoms with van der Waals surface area (Å²) < 4.78 is 9.79. The molecule has 2 rings (SSSR count). The summed E-state index contributed by atoms with van der Waals surface area (Å²) in [6, 6.07) is 0. The molecule has 0 fully saturated rings. The molecular weight excluding hydrogens is 326 g/mol. The number of rotatable bonds is 1. The Bertz CT molecular complexity index is 228. The van der Waals surface area contributed by atoms with Crippen LogP contribution in [0.5, 0.6) is 0 Å². The van der Waals surface area contributed by atoms with E-state index in [1.165, 1.54) is 11.1 Å². The Morgan fingerprint density at radius 2 is 1.30 bits per heavy atom. The van der Waals surface area contributed by atoms with Gasteiger partial charge in [-0.25, -0.2) is 0 Å². The van der Waals surface area contributed by atoms with Gasteiger partial charge in [-0.3, -0.25) is 0 Å². The summed E-state index contributed by atoms with van der Waals surface area (Å²) in [5.74, 6) is 0. The Morgan fingerprint density at radius 3 is 1.60 bits per heavy atom. The van der Waals surface area contributed by atoms with Gasteiger partial charge in [-0.15, -0.1) is 0 Å². The van der Waals surface area contributed by atoms with Crippen molar-refractivity contribution in [1.82, 2.24) is 0 Å². The van der Waals surface area contributed by atoms with Crippen LogP contribution in [0.15, 0.2) is 38.6 Å². The van der Waals surface area contributed by atoms with Crippen molar-refractivity contribution >= 4 is 45.8 Å². The molecule has 2 aliphatic rings. The van der Waals surface area contributed by atoms with Gasteiger partial charge in [0, 0.05) is 0 Å². The first kappa shape index (κ1) is 7.35. The molecule has 44 valence electrons. The van der Waals surface area contributed by atoms with Crippen LogP contribution in [0.3, 0.4) is 0 Å². The van der Waals surface area contributed by atoms with E-state index < -0.39 is 0 Å². The summed E-state index contributed by atoms with van der Waals surface area (Å²) >= 11 is -0.653. The molecular formula is C8H6In2. The van der Waals surface area contributed by atoms with Crippen LogP contribution < -0.4 is 0 Å². The molecule has 0 atom stereocenters. The fourth-order valence-electron chi connectivity index (χ4n) is 1.13. The maximum absolute atomic E-state index is 2.49. The molecule has 0 saturated carbocycles. The van der Waals surface area contributed by atoms with Crippen LogP contribution in [-0.2, 0) is 0 Å². The SMILES string of the molecule is [CH]1=CC(C2=[CH][In][CH]=C2)=[CH][In]1. The van der Waals surface area contributed by atoms with Crippen molar-refractivity contribution in [2.75, 3.05) is 0 Å². The van der Waals surface area contributed by atoms with Gasteiger partial charge in [0.15, 0.2) is 0 Å². The van der Waals surface area contributed by atoms with E-state index in [2.05, 4.69) is 27.5 Å². The molecule has 0 amide bonds. The van der Waals surface area contributed by atoms with Crippen LogP contribution in [0, 0.1) is 0 Å². The standard InChI is InChI=1S/C8H6.2In/c1-5-7(3)8(4)6-2;;/h1-6H;;. The summed E-state index contributed by atoms with van der Waals surface area (Å²) in [6.45, 7) is 0. The number of hydrogen-bond acceptors (Lipinski definition) is 0. The molecule has 0 aromatic heterocycles. The van der Waals surface area contributed by atoms with Crippen molar-refractivity contribution in [2.45, 2.75) is 0 Å². The molecule has 0 bridgehead atoms. The second-order valence-electron chi connectivity index (χ2n) is 2.35. The molecule has 0 aromatic carbocycles. The monoisotopic (exact) mass is 332 g/mol.